The number of hydrogen-bond donors (Lipinski definition) is 2. The molecule has 3 aliphatic rings. The summed E-state index contributed by atoms with van der Waals surface area (Å²) in [6.45, 7) is 6.96. The third-order valence-corrected chi connectivity index (χ3v) is 9.21. The smallest absolute Gasteiger partial charge is 0.268 e. The molecule has 0 saturated carbocycles. The van der Waals surface area contributed by atoms with Gasteiger partial charge < -0.3 is 15.5 Å². The number of piperidine rings is 2. The zero-order chi connectivity index (χ0) is 26.3. The Bertz CT molecular complexity index is 1220. The third kappa shape index (κ3) is 5.57. The molecule has 0 bridgehead atoms. The van der Waals surface area contributed by atoms with Crippen molar-refractivity contribution in [3.8, 4) is 0 Å². The van der Waals surface area contributed by atoms with Gasteiger partial charge in [-0.2, -0.15) is 0 Å². The topological polar surface area (TPSA) is 73.7 Å². The number of nitrogens with two attached hydrogens (primary N) is 1. The van der Waals surface area contributed by atoms with Gasteiger partial charge in [0.15, 0.2) is 0 Å². The van der Waals surface area contributed by atoms with Gasteiger partial charge in [-0.3, -0.25) is 10.0 Å². The number of nitrogens with zero attached hydrogens (tertiary/aromatic N) is 3. The molecule has 196 valence electrons. The Morgan fingerprint density at radius 1 is 1.05 bits per heavy atom. The van der Waals surface area contributed by atoms with E-state index in [4.69, 9.17) is 17.3 Å². The van der Waals surface area contributed by atoms with Crippen molar-refractivity contribution in [2.45, 2.75) is 44.9 Å². The van der Waals surface area contributed by atoms with E-state index in [0.29, 0.717) is 36.3 Å². The van der Waals surface area contributed by atoms with Crippen LogP contribution in [0.15, 0.2) is 51.3 Å². The van der Waals surface area contributed by atoms with Crippen LogP contribution in [0.25, 0.3) is 5.57 Å². The van der Waals surface area contributed by atoms with E-state index in [0.717, 1.165) is 83.0 Å². The predicted octanol–water partition coefficient (Wildman–Crippen LogP) is 5.44. The predicted molar refractivity (Wildman–Crippen MR) is 152 cm³/mol. The Morgan fingerprint density at radius 2 is 1.73 bits per heavy atom. The molecule has 5 rings (SSSR count). The lowest BCUT2D eigenvalue weighted by Gasteiger charge is -2.35. The van der Waals surface area contributed by atoms with Gasteiger partial charge in [0, 0.05) is 58.0 Å². The second-order valence-corrected chi connectivity index (χ2v) is 12.5. The van der Waals surface area contributed by atoms with E-state index in [1.165, 1.54) is 15.9 Å². The third-order valence-electron chi connectivity index (χ3n) is 7.94. The lowest BCUT2D eigenvalue weighted by Crippen LogP contribution is -2.40. The number of carbonyl (C=O) groups excluding carboxylic acids is 1. The van der Waals surface area contributed by atoms with Crippen molar-refractivity contribution in [2.24, 2.45) is 11.7 Å². The van der Waals surface area contributed by atoms with E-state index in [1.54, 1.807) is 6.20 Å². The maximum absolute atomic E-state index is 13.2. The highest BCUT2D eigenvalue weighted by Crippen LogP contribution is 2.42. The normalized spacial score (nSPS) is 18.4. The summed E-state index contributed by atoms with van der Waals surface area (Å²) in [7, 11) is 0. The first-order valence-electron chi connectivity index (χ1n) is 12.8. The van der Waals surface area contributed by atoms with E-state index in [2.05, 4.69) is 49.4 Å². The summed E-state index contributed by atoms with van der Waals surface area (Å²) in [5, 5.41) is 11.7. The van der Waals surface area contributed by atoms with E-state index < -0.39 is 0 Å². The Balaban J connectivity index is 1.40. The number of aryl methyl sites for hydroxylation is 2. The molecule has 0 atom stereocenters. The fraction of sp³-hybridized carbons (Fsp3) is 0.429. The number of halogens is 3. The van der Waals surface area contributed by atoms with Gasteiger partial charge >= 0.3 is 0 Å². The summed E-state index contributed by atoms with van der Waals surface area (Å²) >= 11 is 13.7. The van der Waals surface area contributed by atoms with Crippen molar-refractivity contribution in [1.82, 2.24) is 9.80 Å². The molecule has 37 heavy (non-hydrogen) atoms. The van der Waals surface area contributed by atoms with Crippen LogP contribution in [0, 0.1) is 5.92 Å². The second kappa shape index (κ2) is 11.0. The molecule has 0 spiro atoms. The Labute approximate surface area is 240 Å². The van der Waals surface area contributed by atoms with Crippen molar-refractivity contribution in [3.63, 3.8) is 0 Å². The largest absolute Gasteiger partial charge is 0.386 e. The Kier molecular flexibility index (Phi) is 7.89. The highest BCUT2D eigenvalue weighted by atomic mass is 79.9. The first-order chi connectivity index (χ1) is 17.7. The lowest BCUT2D eigenvalue weighted by molar-refractivity contribution is -0.906. The van der Waals surface area contributed by atoms with Crippen LogP contribution in [0.5, 0.6) is 0 Å². The summed E-state index contributed by atoms with van der Waals surface area (Å²) < 4.78 is 3.01. The van der Waals surface area contributed by atoms with Gasteiger partial charge in [-0.05, 0) is 84.1 Å². The molecule has 1 aromatic carbocycles. The number of likely N-dealkylation sites (tertiary alicyclic amines) is 2. The summed E-state index contributed by atoms with van der Waals surface area (Å²) in [6.07, 6.45) is 7.41. The average molecular weight is 652 g/mol. The van der Waals surface area contributed by atoms with Gasteiger partial charge in [0.1, 0.15) is 0 Å². The highest BCUT2D eigenvalue weighted by Gasteiger charge is 2.34. The average Bonchev–Trinajstić information content (AvgIpc) is 3.02. The van der Waals surface area contributed by atoms with Crippen LogP contribution in [0.4, 0.5) is 0 Å². The van der Waals surface area contributed by atoms with Crippen LogP contribution in [0.3, 0.4) is 0 Å². The monoisotopic (exact) mass is 649 g/mol. The molecule has 0 radical (unpaired) electrons. The molecule has 0 unspecified atom stereocenters. The molecule has 2 aliphatic heterocycles. The van der Waals surface area contributed by atoms with Crippen LogP contribution >= 0.6 is 43.5 Å². The van der Waals surface area contributed by atoms with Gasteiger partial charge in [0.05, 0.1) is 15.9 Å². The summed E-state index contributed by atoms with van der Waals surface area (Å²) in [5.74, 6) is 1.26. The molecule has 3 heterocycles. The summed E-state index contributed by atoms with van der Waals surface area (Å²) in [4.78, 5) is 17.3. The van der Waals surface area contributed by atoms with Crippen molar-refractivity contribution in [1.29, 1.82) is 0 Å². The first kappa shape index (κ1) is 26.6. The number of amides is 1. The fourth-order valence-corrected chi connectivity index (χ4v) is 7.52. The quantitative estimate of drug-likeness (QED) is 0.343. The molecule has 2 fully saturated rings. The van der Waals surface area contributed by atoms with Crippen LogP contribution in [-0.2, 0) is 17.6 Å². The maximum atomic E-state index is 13.2. The fourth-order valence-electron chi connectivity index (χ4n) is 5.98. The van der Waals surface area contributed by atoms with Gasteiger partial charge in [-0.15, -0.1) is 0 Å². The van der Waals surface area contributed by atoms with Crippen LogP contribution in [0.1, 0.15) is 54.5 Å². The molecule has 3 N–H and O–H groups in total. The van der Waals surface area contributed by atoms with Crippen molar-refractivity contribution in [2.75, 3.05) is 26.2 Å². The van der Waals surface area contributed by atoms with Crippen LogP contribution < -0.4 is 10.5 Å². The van der Waals surface area contributed by atoms with Gasteiger partial charge in [0.2, 0.25) is 12.1 Å². The number of pyridine rings is 1. The minimum absolute atomic E-state index is 0.241. The molecular weight excluding hydrogens is 620 g/mol. The van der Waals surface area contributed by atoms with Gasteiger partial charge in [0.25, 0.3) is 5.69 Å². The van der Waals surface area contributed by atoms with Crippen LogP contribution in [0.2, 0.25) is 5.02 Å². The van der Waals surface area contributed by atoms with E-state index >= 15 is 0 Å². The number of aromatic nitrogens is 1. The SMILES string of the molecule is C=C(N)N1CCC(CC(=O)N2CCC(=C3c4c(Br)cc(Cl)cc4CCc4cc(Br)c[n+](O)c43)CC2)CC1. The molecule has 9 heteroatoms. The summed E-state index contributed by atoms with van der Waals surface area (Å²) in [5.41, 5.74) is 12.3. The number of rotatable bonds is 3. The number of benzene rings is 1. The van der Waals surface area contributed by atoms with E-state index in [1.807, 2.05) is 17.0 Å². The zero-order valence-corrected chi connectivity index (χ0v) is 24.7. The van der Waals surface area contributed by atoms with Gasteiger partial charge in [-0.25, -0.2) is 0 Å². The van der Waals surface area contributed by atoms with Crippen molar-refractivity contribution in [3.05, 3.63) is 78.7 Å². The molecule has 1 aromatic heterocycles. The lowest BCUT2D eigenvalue weighted by atomic mass is 9.88. The minimum Gasteiger partial charge on any atom is -0.386 e. The first-order valence-corrected chi connectivity index (χ1v) is 14.8. The van der Waals surface area contributed by atoms with Gasteiger partial charge in [-0.1, -0.05) is 39.7 Å². The summed E-state index contributed by atoms with van der Waals surface area (Å²) in [6, 6.07) is 6.05. The molecule has 2 aromatic rings. The number of hydrogen-bond acceptors (Lipinski definition) is 4. The maximum Gasteiger partial charge on any atom is 0.268 e. The van der Waals surface area contributed by atoms with Crippen molar-refractivity contribution >= 4 is 54.9 Å². The molecule has 1 aliphatic carbocycles. The van der Waals surface area contributed by atoms with Crippen molar-refractivity contribution < 1.29 is 14.7 Å². The standard InChI is InChI=1S/C28H32Br2ClN4O2/c1-17(32)33-8-4-18(5-9-33)12-25(36)34-10-6-19(7-11-34)27-26-20(14-23(31)15-24(26)30)2-3-21-13-22(29)16-35(37)28(21)27/h13-16,18,37H,1-12,32H2/q+1. The Hall–Kier alpha value is -2.03. The highest BCUT2D eigenvalue weighted by molar-refractivity contribution is 9.10. The Morgan fingerprint density at radius 3 is 2.41 bits per heavy atom. The zero-order valence-electron chi connectivity index (χ0n) is 20.8. The number of fused-ring (bicyclic) bond motifs is 2. The van der Waals surface area contributed by atoms with E-state index in [-0.39, 0.29) is 5.91 Å². The second-order valence-electron chi connectivity index (χ2n) is 10.3. The minimum atomic E-state index is 0.241. The van der Waals surface area contributed by atoms with Crippen LogP contribution in [-0.4, -0.2) is 47.1 Å². The molecule has 1 amide bonds. The number of carbonyl (C=O) groups is 1. The van der Waals surface area contributed by atoms with E-state index in [9.17, 15) is 10.0 Å². The molecular formula is C28H32Br2ClN4O2+. The molecule has 2 saturated heterocycles. The molecule has 6 nitrogen and oxygen atoms in total.